The quantitative estimate of drug-likeness (QED) is 0.549. The second-order valence-corrected chi connectivity index (χ2v) is 6.78. The molecule has 0 bridgehead atoms. The number of benzene rings is 1. The molecule has 0 aromatic heterocycles. The van der Waals surface area contributed by atoms with E-state index in [-0.39, 0.29) is 5.91 Å². The van der Waals surface area contributed by atoms with Crippen LogP contribution in [0.3, 0.4) is 0 Å². The van der Waals surface area contributed by atoms with Gasteiger partial charge in [0.1, 0.15) is 0 Å². The number of carbonyl (C=O) groups excluding carboxylic acids is 1. The molecule has 0 atom stereocenters. The fourth-order valence-electron chi connectivity index (χ4n) is 2.69. The van der Waals surface area contributed by atoms with Crippen molar-refractivity contribution in [3.63, 3.8) is 0 Å². The normalized spacial score (nSPS) is 14.5. The summed E-state index contributed by atoms with van der Waals surface area (Å²) >= 11 is 3.43. The molecule has 0 saturated heterocycles. The molecule has 1 amide bonds. The zero-order chi connectivity index (χ0) is 15.8. The number of allylic oxidation sites excluding steroid dienone is 1. The van der Waals surface area contributed by atoms with Crippen molar-refractivity contribution in [2.24, 2.45) is 0 Å². The Hall–Kier alpha value is -1.13. The van der Waals surface area contributed by atoms with Gasteiger partial charge in [0.2, 0.25) is 5.91 Å². The molecule has 4 heteroatoms. The first-order valence-electron chi connectivity index (χ1n) is 8.10. The zero-order valence-electron chi connectivity index (χ0n) is 13.3. The standard InChI is InChI=1S/C18H25BrN2O/c1-14-13-16(19)7-8-17(14)21-18(22)10-12-20-11-9-15-5-3-2-4-6-15/h5,7-8,13,20H,2-4,6,9-12H2,1H3,(H,21,22). The highest BCUT2D eigenvalue weighted by Crippen LogP contribution is 2.20. The van der Waals surface area contributed by atoms with Crippen LogP contribution < -0.4 is 10.6 Å². The van der Waals surface area contributed by atoms with Gasteiger partial charge in [-0.2, -0.15) is 0 Å². The van der Waals surface area contributed by atoms with Crippen LogP contribution in [0.4, 0.5) is 5.69 Å². The summed E-state index contributed by atoms with van der Waals surface area (Å²) in [7, 11) is 0. The van der Waals surface area contributed by atoms with Crippen molar-refractivity contribution in [3.8, 4) is 0 Å². The molecule has 2 N–H and O–H groups in total. The van der Waals surface area contributed by atoms with Gasteiger partial charge in [0.25, 0.3) is 0 Å². The summed E-state index contributed by atoms with van der Waals surface area (Å²) in [6.45, 7) is 3.70. The van der Waals surface area contributed by atoms with Crippen LogP contribution in [0.5, 0.6) is 0 Å². The minimum atomic E-state index is 0.0646. The Morgan fingerprint density at radius 3 is 2.86 bits per heavy atom. The third kappa shape index (κ3) is 5.93. The fraction of sp³-hybridized carbons (Fsp3) is 0.500. The van der Waals surface area contributed by atoms with E-state index in [1.807, 2.05) is 25.1 Å². The molecular weight excluding hydrogens is 340 g/mol. The average Bonchev–Trinajstić information content (AvgIpc) is 2.51. The molecule has 0 aliphatic heterocycles. The third-order valence-electron chi connectivity index (χ3n) is 4.00. The molecule has 0 unspecified atom stereocenters. The molecule has 1 aliphatic rings. The van der Waals surface area contributed by atoms with E-state index in [2.05, 4.69) is 32.6 Å². The van der Waals surface area contributed by atoms with Gasteiger partial charge in [0.15, 0.2) is 0 Å². The van der Waals surface area contributed by atoms with Crippen LogP contribution in [0.2, 0.25) is 0 Å². The van der Waals surface area contributed by atoms with Crippen molar-refractivity contribution >= 4 is 27.5 Å². The summed E-state index contributed by atoms with van der Waals surface area (Å²) in [6, 6.07) is 5.88. The second kappa shape index (κ2) is 9.11. The summed E-state index contributed by atoms with van der Waals surface area (Å²) < 4.78 is 1.03. The van der Waals surface area contributed by atoms with Crippen molar-refractivity contribution in [1.29, 1.82) is 0 Å². The number of rotatable bonds is 7. The highest BCUT2D eigenvalue weighted by Gasteiger charge is 2.06. The van der Waals surface area contributed by atoms with Gasteiger partial charge in [-0.3, -0.25) is 4.79 Å². The number of halogens is 1. The molecule has 120 valence electrons. The van der Waals surface area contributed by atoms with Gasteiger partial charge in [-0.05, 0) is 69.3 Å². The smallest absolute Gasteiger partial charge is 0.225 e. The molecule has 22 heavy (non-hydrogen) atoms. The molecule has 1 aliphatic carbocycles. The Labute approximate surface area is 141 Å². The highest BCUT2D eigenvalue weighted by molar-refractivity contribution is 9.10. The van der Waals surface area contributed by atoms with E-state index in [1.54, 1.807) is 5.57 Å². The van der Waals surface area contributed by atoms with E-state index < -0.39 is 0 Å². The first-order chi connectivity index (χ1) is 10.6. The zero-order valence-corrected chi connectivity index (χ0v) is 14.8. The van der Waals surface area contributed by atoms with Gasteiger partial charge in [-0.15, -0.1) is 0 Å². The molecule has 2 rings (SSSR count). The average molecular weight is 365 g/mol. The predicted molar refractivity (Wildman–Crippen MR) is 96.2 cm³/mol. The Kier molecular flexibility index (Phi) is 7.13. The number of hydrogen-bond acceptors (Lipinski definition) is 2. The number of carbonyl (C=O) groups is 1. The van der Waals surface area contributed by atoms with Gasteiger partial charge in [0.05, 0.1) is 0 Å². The van der Waals surface area contributed by atoms with Gasteiger partial charge < -0.3 is 10.6 Å². The number of amides is 1. The molecule has 0 heterocycles. The van der Waals surface area contributed by atoms with Gasteiger partial charge in [0, 0.05) is 23.1 Å². The SMILES string of the molecule is Cc1cc(Br)ccc1NC(=O)CCNCCC1=CCCCC1. The highest BCUT2D eigenvalue weighted by atomic mass is 79.9. The van der Waals surface area contributed by atoms with E-state index in [4.69, 9.17) is 0 Å². The molecular formula is C18H25BrN2O. The topological polar surface area (TPSA) is 41.1 Å². The van der Waals surface area contributed by atoms with E-state index in [1.165, 1.54) is 25.7 Å². The van der Waals surface area contributed by atoms with E-state index in [9.17, 15) is 4.79 Å². The van der Waals surface area contributed by atoms with Crippen LogP contribution in [0.15, 0.2) is 34.3 Å². The summed E-state index contributed by atoms with van der Waals surface area (Å²) in [4.78, 5) is 11.9. The third-order valence-corrected chi connectivity index (χ3v) is 4.49. The fourth-order valence-corrected chi connectivity index (χ4v) is 3.16. The maximum Gasteiger partial charge on any atom is 0.225 e. The summed E-state index contributed by atoms with van der Waals surface area (Å²) in [5.74, 6) is 0.0646. The van der Waals surface area contributed by atoms with Crippen LogP contribution in [0, 0.1) is 6.92 Å². The molecule has 0 fully saturated rings. The molecule has 3 nitrogen and oxygen atoms in total. The van der Waals surface area contributed by atoms with Crippen LogP contribution >= 0.6 is 15.9 Å². The van der Waals surface area contributed by atoms with Crippen LogP contribution in [0.25, 0.3) is 0 Å². The Bertz CT molecular complexity index is 540. The molecule has 1 aromatic carbocycles. The first-order valence-corrected chi connectivity index (χ1v) is 8.89. The second-order valence-electron chi connectivity index (χ2n) is 5.87. The summed E-state index contributed by atoms with van der Waals surface area (Å²) in [6.07, 6.45) is 9.18. The maximum absolute atomic E-state index is 11.9. The van der Waals surface area contributed by atoms with Crippen molar-refractivity contribution in [1.82, 2.24) is 5.32 Å². The Balaban J connectivity index is 1.62. The van der Waals surface area contributed by atoms with E-state index in [0.29, 0.717) is 6.42 Å². The van der Waals surface area contributed by atoms with Gasteiger partial charge in [-0.25, -0.2) is 0 Å². The van der Waals surface area contributed by atoms with Crippen molar-refractivity contribution in [2.75, 3.05) is 18.4 Å². The first kappa shape index (κ1) is 17.2. The molecule has 1 aromatic rings. The minimum absolute atomic E-state index is 0.0646. The lowest BCUT2D eigenvalue weighted by atomic mass is 9.97. The largest absolute Gasteiger partial charge is 0.326 e. The molecule has 0 radical (unpaired) electrons. The lowest BCUT2D eigenvalue weighted by Crippen LogP contribution is -2.23. The van der Waals surface area contributed by atoms with E-state index in [0.717, 1.165) is 35.2 Å². The summed E-state index contributed by atoms with van der Waals surface area (Å²) in [5.41, 5.74) is 3.54. The van der Waals surface area contributed by atoms with Crippen LogP contribution in [-0.4, -0.2) is 19.0 Å². The number of hydrogen-bond donors (Lipinski definition) is 2. The summed E-state index contributed by atoms with van der Waals surface area (Å²) in [5, 5.41) is 6.33. The molecule has 0 saturated carbocycles. The number of aryl methyl sites for hydroxylation is 1. The Morgan fingerprint density at radius 2 is 2.14 bits per heavy atom. The van der Waals surface area contributed by atoms with Crippen molar-refractivity contribution in [3.05, 3.63) is 39.9 Å². The van der Waals surface area contributed by atoms with Crippen molar-refractivity contribution < 1.29 is 4.79 Å². The lowest BCUT2D eigenvalue weighted by Gasteiger charge is -2.13. The van der Waals surface area contributed by atoms with Crippen LogP contribution in [-0.2, 0) is 4.79 Å². The lowest BCUT2D eigenvalue weighted by molar-refractivity contribution is -0.116. The number of nitrogens with one attached hydrogen (secondary N) is 2. The van der Waals surface area contributed by atoms with Gasteiger partial charge in [-0.1, -0.05) is 27.6 Å². The van der Waals surface area contributed by atoms with Crippen molar-refractivity contribution in [2.45, 2.75) is 45.4 Å². The Morgan fingerprint density at radius 1 is 1.27 bits per heavy atom. The number of anilines is 1. The maximum atomic E-state index is 11.9. The predicted octanol–water partition coefficient (Wildman–Crippen LogP) is 4.57. The monoisotopic (exact) mass is 364 g/mol. The van der Waals surface area contributed by atoms with Gasteiger partial charge >= 0.3 is 0 Å². The minimum Gasteiger partial charge on any atom is -0.326 e. The van der Waals surface area contributed by atoms with Crippen LogP contribution in [0.1, 0.15) is 44.1 Å². The van der Waals surface area contributed by atoms with E-state index >= 15 is 0 Å². The molecule has 0 spiro atoms.